The van der Waals surface area contributed by atoms with Crippen LogP contribution in [-0.2, 0) is 0 Å². The van der Waals surface area contributed by atoms with Gasteiger partial charge in [-0.1, -0.05) is 17.7 Å². The van der Waals surface area contributed by atoms with Crippen molar-refractivity contribution in [1.29, 1.82) is 0 Å². The monoisotopic (exact) mass is 364 g/mol. The van der Waals surface area contributed by atoms with Gasteiger partial charge in [0, 0.05) is 35.8 Å². The number of hydrogen-bond acceptors (Lipinski definition) is 2. The van der Waals surface area contributed by atoms with Gasteiger partial charge < -0.3 is 14.6 Å². The van der Waals surface area contributed by atoms with Crippen molar-refractivity contribution in [2.45, 2.75) is 13.3 Å². The Morgan fingerprint density at radius 2 is 2.07 bits per heavy atom. The van der Waals surface area contributed by atoms with E-state index in [4.69, 9.17) is 4.74 Å². The molecule has 0 spiro atoms. The molecule has 1 aliphatic heterocycles. The van der Waals surface area contributed by atoms with E-state index in [9.17, 15) is 9.18 Å². The number of amides is 1. The Labute approximate surface area is 157 Å². The number of nitrogens with zero attached hydrogens (tertiary/aromatic N) is 1. The third-order valence-corrected chi connectivity index (χ3v) is 5.07. The number of aromatic nitrogens is 1. The van der Waals surface area contributed by atoms with Crippen LogP contribution in [0.1, 0.15) is 27.9 Å². The minimum Gasteiger partial charge on any atom is -0.496 e. The summed E-state index contributed by atoms with van der Waals surface area (Å²) in [5.41, 5.74) is 4.66. The molecule has 1 aromatic heterocycles. The van der Waals surface area contributed by atoms with Gasteiger partial charge in [-0.2, -0.15) is 0 Å². The summed E-state index contributed by atoms with van der Waals surface area (Å²) in [7, 11) is 1.58. The highest BCUT2D eigenvalue weighted by atomic mass is 19.1. The standard InChI is InChI=1S/C22H21FN2O2/c1-14-3-6-21(27-2)18(11-14)22(26)25-9-7-15(8-10-25)19-13-24-20-12-16(23)4-5-17(19)20/h3-7,11-13,24H,8-10H2,1-2H3. The first-order valence-corrected chi connectivity index (χ1v) is 8.97. The number of benzene rings is 2. The van der Waals surface area contributed by atoms with Crippen LogP contribution in [0.25, 0.3) is 16.5 Å². The minimum absolute atomic E-state index is 0.0214. The SMILES string of the molecule is COc1ccc(C)cc1C(=O)N1CC=C(c2c[nH]c3cc(F)ccc23)CC1. The molecule has 0 aliphatic carbocycles. The smallest absolute Gasteiger partial charge is 0.257 e. The molecular formula is C22H21FN2O2. The van der Waals surface area contributed by atoms with Crippen molar-refractivity contribution in [2.75, 3.05) is 20.2 Å². The first kappa shape index (κ1) is 17.3. The van der Waals surface area contributed by atoms with Crippen LogP contribution in [0.3, 0.4) is 0 Å². The molecule has 4 nitrogen and oxygen atoms in total. The second kappa shape index (κ2) is 6.91. The van der Waals surface area contributed by atoms with Crippen LogP contribution >= 0.6 is 0 Å². The number of nitrogens with one attached hydrogen (secondary N) is 1. The molecule has 138 valence electrons. The number of aromatic amines is 1. The van der Waals surface area contributed by atoms with Crippen molar-refractivity contribution in [2.24, 2.45) is 0 Å². The number of carbonyl (C=O) groups is 1. The van der Waals surface area contributed by atoms with Crippen LogP contribution in [-0.4, -0.2) is 36.0 Å². The van der Waals surface area contributed by atoms with E-state index in [1.165, 1.54) is 17.7 Å². The van der Waals surface area contributed by atoms with Crippen LogP contribution < -0.4 is 4.74 Å². The van der Waals surface area contributed by atoms with Gasteiger partial charge in [0.2, 0.25) is 0 Å². The Bertz CT molecular complexity index is 1050. The molecule has 1 amide bonds. The van der Waals surface area contributed by atoms with Gasteiger partial charge in [-0.3, -0.25) is 4.79 Å². The van der Waals surface area contributed by atoms with Gasteiger partial charge in [-0.05, 0) is 49.2 Å². The maximum Gasteiger partial charge on any atom is 0.257 e. The van der Waals surface area contributed by atoms with E-state index in [0.29, 0.717) is 24.4 Å². The Balaban J connectivity index is 1.58. The Morgan fingerprint density at radius 3 is 2.81 bits per heavy atom. The fraction of sp³-hybridized carbons (Fsp3) is 0.227. The zero-order valence-corrected chi connectivity index (χ0v) is 15.4. The number of methoxy groups -OCH3 is 1. The van der Waals surface area contributed by atoms with Gasteiger partial charge >= 0.3 is 0 Å². The summed E-state index contributed by atoms with van der Waals surface area (Å²) in [6, 6.07) is 10.4. The zero-order valence-electron chi connectivity index (χ0n) is 15.4. The molecule has 0 atom stereocenters. The molecule has 27 heavy (non-hydrogen) atoms. The highest BCUT2D eigenvalue weighted by Gasteiger charge is 2.23. The third-order valence-electron chi connectivity index (χ3n) is 5.07. The van der Waals surface area contributed by atoms with E-state index in [1.807, 2.05) is 36.2 Å². The molecule has 3 aromatic rings. The molecule has 4 rings (SSSR count). The first-order valence-electron chi connectivity index (χ1n) is 8.97. The molecule has 1 aliphatic rings. The number of ether oxygens (including phenoxy) is 1. The number of carbonyl (C=O) groups excluding carboxylic acids is 1. The van der Waals surface area contributed by atoms with E-state index >= 15 is 0 Å². The summed E-state index contributed by atoms with van der Waals surface area (Å²) in [6.07, 6.45) is 4.75. The van der Waals surface area contributed by atoms with Gasteiger partial charge in [-0.25, -0.2) is 4.39 Å². The van der Waals surface area contributed by atoms with E-state index in [1.54, 1.807) is 13.2 Å². The molecule has 1 N–H and O–H groups in total. The molecule has 0 bridgehead atoms. The summed E-state index contributed by atoms with van der Waals surface area (Å²) >= 11 is 0. The maximum absolute atomic E-state index is 13.4. The molecule has 0 unspecified atom stereocenters. The van der Waals surface area contributed by atoms with Crippen LogP contribution in [0.4, 0.5) is 4.39 Å². The lowest BCUT2D eigenvalue weighted by atomic mass is 9.98. The van der Waals surface area contributed by atoms with Crippen molar-refractivity contribution in [3.8, 4) is 5.75 Å². The maximum atomic E-state index is 13.4. The predicted octanol–water partition coefficient (Wildman–Crippen LogP) is 4.55. The highest BCUT2D eigenvalue weighted by Crippen LogP contribution is 2.30. The molecule has 0 saturated heterocycles. The van der Waals surface area contributed by atoms with Crippen LogP contribution in [0.15, 0.2) is 48.7 Å². The largest absolute Gasteiger partial charge is 0.496 e. The molecular weight excluding hydrogens is 343 g/mol. The van der Waals surface area contributed by atoms with E-state index in [2.05, 4.69) is 11.1 Å². The van der Waals surface area contributed by atoms with Gasteiger partial charge in [0.1, 0.15) is 11.6 Å². The predicted molar refractivity (Wildman–Crippen MR) is 104 cm³/mol. The fourth-order valence-electron chi connectivity index (χ4n) is 3.62. The number of halogens is 1. The Hall–Kier alpha value is -3.08. The molecule has 0 radical (unpaired) electrons. The zero-order chi connectivity index (χ0) is 19.0. The number of H-pyrrole nitrogens is 1. The quantitative estimate of drug-likeness (QED) is 0.741. The summed E-state index contributed by atoms with van der Waals surface area (Å²) in [5.74, 6) is 0.322. The Morgan fingerprint density at radius 1 is 1.22 bits per heavy atom. The summed E-state index contributed by atoms with van der Waals surface area (Å²) in [4.78, 5) is 17.9. The second-order valence-corrected chi connectivity index (χ2v) is 6.83. The van der Waals surface area contributed by atoms with Gasteiger partial charge in [-0.15, -0.1) is 0 Å². The Kier molecular flexibility index (Phi) is 4.44. The van der Waals surface area contributed by atoms with Crippen molar-refractivity contribution in [3.63, 3.8) is 0 Å². The number of aryl methyl sites for hydroxylation is 1. The summed E-state index contributed by atoms with van der Waals surface area (Å²) < 4.78 is 18.7. The first-order chi connectivity index (χ1) is 13.1. The van der Waals surface area contributed by atoms with Crippen molar-refractivity contribution in [3.05, 3.63) is 71.2 Å². The normalized spacial score (nSPS) is 14.3. The average Bonchev–Trinajstić information content (AvgIpc) is 3.10. The van der Waals surface area contributed by atoms with Gasteiger partial charge in [0.15, 0.2) is 0 Å². The van der Waals surface area contributed by atoms with Crippen molar-refractivity contribution < 1.29 is 13.9 Å². The van der Waals surface area contributed by atoms with Gasteiger partial charge in [0.25, 0.3) is 5.91 Å². The molecule has 0 saturated carbocycles. The van der Waals surface area contributed by atoms with Crippen molar-refractivity contribution >= 4 is 22.4 Å². The topological polar surface area (TPSA) is 45.3 Å². The molecule has 5 heteroatoms. The third kappa shape index (κ3) is 3.21. The fourth-order valence-corrected chi connectivity index (χ4v) is 3.62. The molecule has 2 aromatic carbocycles. The molecule has 2 heterocycles. The van der Waals surface area contributed by atoms with Crippen molar-refractivity contribution in [1.82, 2.24) is 9.88 Å². The average molecular weight is 364 g/mol. The van der Waals surface area contributed by atoms with Crippen LogP contribution in [0.5, 0.6) is 5.75 Å². The summed E-state index contributed by atoms with van der Waals surface area (Å²) in [6.45, 7) is 3.14. The number of rotatable bonds is 3. The number of fused-ring (bicyclic) bond motifs is 1. The lowest BCUT2D eigenvalue weighted by Gasteiger charge is -2.27. The van der Waals surface area contributed by atoms with Crippen LogP contribution in [0.2, 0.25) is 0 Å². The lowest BCUT2D eigenvalue weighted by molar-refractivity contribution is 0.0769. The van der Waals surface area contributed by atoms with E-state index in [0.717, 1.165) is 28.5 Å². The lowest BCUT2D eigenvalue weighted by Crippen LogP contribution is -2.34. The number of hydrogen-bond donors (Lipinski definition) is 1. The minimum atomic E-state index is -0.252. The summed E-state index contributed by atoms with van der Waals surface area (Å²) in [5, 5.41) is 1.00. The van der Waals surface area contributed by atoms with Gasteiger partial charge in [0.05, 0.1) is 12.7 Å². The highest BCUT2D eigenvalue weighted by molar-refractivity contribution is 5.98. The second-order valence-electron chi connectivity index (χ2n) is 6.83. The van der Waals surface area contributed by atoms with E-state index in [-0.39, 0.29) is 11.7 Å². The molecule has 0 fully saturated rings. The van der Waals surface area contributed by atoms with E-state index < -0.39 is 0 Å². The van der Waals surface area contributed by atoms with Crippen LogP contribution in [0, 0.1) is 12.7 Å².